The van der Waals surface area contributed by atoms with Crippen molar-refractivity contribution in [3.63, 3.8) is 0 Å². The van der Waals surface area contributed by atoms with E-state index in [1.807, 2.05) is 13.8 Å². The van der Waals surface area contributed by atoms with Crippen molar-refractivity contribution in [3.8, 4) is 0 Å². The maximum atomic E-state index is 12.9. The SMILES string of the molecule is CC(C)C(O)Nc1c(Br)cnc2c1ccn2S(=O)(=O)c1ccccc1. The summed E-state index contributed by atoms with van der Waals surface area (Å²) in [4.78, 5) is 4.45. The number of aliphatic hydroxyl groups excluding tert-OH is 1. The summed E-state index contributed by atoms with van der Waals surface area (Å²) in [5, 5.41) is 13.8. The van der Waals surface area contributed by atoms with E-state index in [0.29, 0.717) is 21.2 Å². The van der Waals surface area contributed by atoms with E-state index < -0.39 is 16.3 Å². The second kappa shape index (κ2) is 6.78. The molecule has 0 aliphatic heterocycles. The number of aliphatic hydroxyl groups is 1. The van der Waals surface area contributed by atoms with Gasteiger partial charge in [-0.25, -0.2) is 17.4 Å². The monoisotopic (exact) mass is 423 g/mol. The fourth-order valence-electron chi connectivity index (χ4n) is 2.40. The second-order valence-electron chi connectivity index (χ2n) is 5.98. The predicted octanol–water partition coefficient (Wildman–Crippen LogP) is 3.42. The molecule has 0 amide bonds. The molecule has 0 aliphatic rings. The van der Waals surface area contributed by atoms with E-state index in [1.54, 1.807) is 36.4 Å². The Labute approximate surface area is 154 Å². The van der Waals surface area contributed by atoms with Gasteiger partial charge < -0.3 is 10.4 Å². The average molecular weight is 424 g/mol. The van der Waals surface area contributed by atoms with Crippen molar-refractivity contribution in [3.05, 3.63) is 53.3 Å². The number of hydrogen-bond acceptors (Lipinski definition) is 5. The number of hydrogen-bond donors (Lipinski definition) is 2. The molecule has 1 unspecified atom stereocenters. The van der Waals surface area contributed by atoms with Crippen LogP contribution in [0.4, 0.5) is 5.69 Å². The first-order valence-corrected chi connectivity index (χ1v) is 9.96. The van der Waals surface area contributed by atoms with E-state index in [4.69, 9.17) is 0 Å². The van der Waals surface area contributed by atoms with Crippen LogP contribution >= 0.6 is 15.9 Å². The normalized spacial score (nSPS) is 13.3. The number of fused-ring (bicyclic) bond motifs is 1. The van der Waals surface area contributed by atoms with Crippen molar-refractivity contribution in [1.29, 1.82) is 0 Å². The molecule has 2 heterocycles. The summed E-state index contributed by atoms with van der Waals surface area (Å²) in [6.45, 7) is 3.77. The largest absolute Gasteiger partial charge is 0.374 e. The van der Waals surface area contributed by atoms with E-state index >= 15 is 0 Å². The fraction of sp³-hybridized carbons (Fsp3) is 0.235. The Hall–Kier alpha value is -1.90. The molecule has 0 fully saturated rings. The Bertz CT molecular complexity index is 1000. The number of benzene rings is 1. The van der Waals surface area contributed by atoms with Crippen molar-refractivity contribution in [2.24, 2.45) is 5.92 Å². The van der Waals surface area contributed by atoms with Gasteiger partial charge in [-0.3, -0.25) is 0 Å². The van der Waals surface area contributed by atoms with E-state index in [9.17, 15) is 13.5 Å². The summed E-state index contributed by atoms with van der Waals surface area (Å²) in [7, 11) is -3.75. The molecule has 25 heavy (non-hydrogen) atoms. The Balaban J connectivity index is 2.15. The van der Waals surface area contributed by atoms with Gasteiger partial charge in [-0.05, 0) is 40.0 Å². The first-order chi connectivity index (χ1) is 11.8. The number of aromatic nitrogens is 2. The number of anilines is 1. The molecular weight excluding hydrogens is 406 g/mol. The highest BCUT2D eigenvalue weighted by molar-refractivity contribution is 9.10. The van der Waals surface area contributed by atoms with Gasteiger partial charge in [-0.15, -0.1) is 0 Å². The summed E-state index contributed by atoms with van der Waals surface area (Å²) < 4.78 is 27.6. The minimum Gasteiger partial charge on any atom is -0.374 e. The maximum absolute atomic E-state index is 12.9. The number of pyridine rings is 1. The maximum Gasteiger partial charge on any atom is 0.269 e. The molecule has 0 saturated heterocycles. The fourth-order valence-corrected chi connectivity index (χ4v) is 4.15. The third-order valence-corrected chi connectivity index (χ3v) is 6.14. The molecule has 6 nitrogen and oxygen atoms in total. The molecule has 1 atom stereocenters. The first kappa shape index (κ1) is 17.9. The number of nitrogens with zero attached hydrogens (tertiary/aromatic N) is 2. The van der Waals surface area contributed by atoms with E-state index in [0.717, 1.165) is 3.97 Å². The highest BCUT2D eigenvalue weighted by Gasteiger charge is 2.22. The standard InChI is InChI=1S/C17H18BrN3O3S/c1-11(2)17(22)20-15-13-8-9-21(16(13)19-10-14(15)18)25(23,24)12-6-4-3-5-7-12/h3-11,17,22H,1-2H3,(H,19,20). The molecule has 2 aromatic heterocycles. The Morgan fingerprint density at radius 2 is 1.88 bits per heavy atom. The zero-order valence-corrected chi connectivity index (χ0v) is 16.1. The van der Waals surface area contributed by atoms with Crippen molar-refractivity contribution < 1.29 is 13.5 Å². The van der Waals surface area contributed by atoms with E-state index in [-0.39, 0.29) is 10.8 Å². The van der Waals surface area contributed by atoms with Gasteiger partial charge in [0.05, 0.1) is 15.1 Å². The molecule has 1 aromatic carbocycles. The summed E-state index contributed by atoms with van der Waals surface area (Å²) in [5.41, 5.74) is 0.902. The van der Waals surface area contributed by atoms with Crippen LogP contribution in [-0.2, 0) is 10.0 Å². The lowest BCUT2D eigenvalue weighted by molar-refractivity contribution is 0.153. The van der Waals surface area contributed by atoms with Crippen LogP contribution in [0.3, 0.4) is 0 Å². The zero-order chi connectivity index (χ0) is 18.2. The van der Waals surface area contributed by atoms with Crippen molar-refractivity contribution >= 4 is 42.7 Å². The third kappa shape index (κ3) is 3.29. The van der Waals surface area contributed by atoms with Crippen LogP contribution < -0.4 is 5.32 Å². The number of rotatable bonds is 5. The predicted molar refractivity (Wildman–Crippen MR) is 101 cm³/mol. The molecule has 8 heteroatoms. The Kier molecular flexibility index (Phi) is 4.86. The highest BCUT2D eigenvalue weighted by Crippen LogP contribution is 2.33. The minimum absolute atomic E-state index is 0.00903. The topological polar surface area (TPSA) is 84.2 Å². The van der Waals surface area contributed by atoms with Gasteiger partial charge in [-0.2, -0.15) is 0 Å². The lowest BCUT2D eigenvalue weighted by Crippen LogP contribution is -2.25. The molecule has 2 N–H and O–H groups in total. The van der Waals surface area contributed by atoms with Crippen molar-refractivity contribution in [1.82, 2.24) is 8.96 Å². The molecule has 0 spiro atoms. The smallest absolute Gasteiger partial charge is 0.269 e. The van der Waals surface area contributed by atoms with Crippen LogP contribution in [-0.4, -0.2) is 28.7 Å². The Morgan fingerprint density at radius 1 is 1.20 bits per heavy atom. The lowest BCUT2D eigenvalue weighted by atomic mass is 10.2. The second-order valence-corrected chi connectivity index (χ2v) is 8.65. The van der Waals surface area contributed by atoms with Gasteiger partial charge in [0, 0.05) is 17.8 Å². The van der Waals surface area contributed by atoms with Gasteiger partial charge in [0.1, 0.15) is 6.23 Å². The molecule has 132 valence electrons. The van der Waals surface area contributed by atoms with Gasteiger partial charge in [0.25, 0.3) is 10.0 Å². The van der Waals surface area contributed by atoms with Crippen LogP contribution in [0.5, 0.6) is 0 Å². The third-order valence-electron chi connectivity index (χ3n) is 3.86. The lowest BCUT2D eigenvalue weighted by Gasteiger charge is -2.19. The van der Waals surface area contributed by atoms with Gasteiger partial charge in [0.15, 0.2) is 5.65 Å². The molecule has 0 bridgehead atoms. The van der Waals surface area contributed by atoms with Crippen LogP contribution in [0.15, 0.2) is 58.2 Å². The molecule has 0 saturated carbocycles. The van der Waals surface area contributed by atoms with Gasteiger partial charge >= 0.3 is 0 Å². The quantitative estimate of drug-likeness (QED) is 0.614. The van der Waals surface area contributed by atoms with Gasteiger partial charge in [-0.1, -0.05) is 32.0 Å². The summed E-state index contributed by atoms with van der Waals surface area (Å²) in [6.07, 6.45) is 2.23. The van der Waals surface area contributed by atoms with Crippen LogP contribution in [0.25, 0.3) is 11.0 Å². The summed E-state index contributed by atoms with van der Waals surface area (Å²) in [6, 6.07) is 9.87. The van der Waals surface area contributed by atoms with Crippen LogP contribution in [0, 0.1) is 5.92 Å². The summed E-state index contributed by atoms with van der Waals surface area (Å²) >= 11 is 3.40. The average Bonchev–Trinajstić information content (AvgIpc) is 3.03. The molecule has 3 rings (SSSR count). The molecule has 0 radical (unpaired) electrons. The Morgan fingerprint density at radius 3 is 2.52 bits per heavy atom. The van der Waals surface area contributed by atoms with Crippen LogP contribution in [0.1, 0.15) is 13.8 Å². The highest BCUT2D eigenvalue weighted by atomic mass is 79.9. The first-order valence-electron chi connectivity index (χ1n) is 7.73. The molecule has 3 aromatic rings. The van der Waals surface area contributed by atoms with E-state index in [2.05, 4.69) is 26.2 Å². The number of halogens is 1. The number of nitrogens with one attached hydrogen (secondary N) is 1. The van der Waals surface area contributed by atoms with E-state index in [1.165, 1.54) is 12.4 Å². The molecular formula is C17H18BrN3O3S. The zero-order valence-electron chi connectivity index (χ0n) is 13.7. The minimum atomic E-state index is -3.75. The van der Waals surface area contributed by atoms with Crippen molar-refractivity contribution in [2.75, 3.05) is 5.32 Å². The van der Waals surface area contributed by atoms with Crippen LogP contribution in [0.2, 0.25) is 0 Å². The summed E-state index contributed by atoms with van der Waals surface area (Å²) in [5.74, 6) is -0.00903. The van der Waals surface area contributed by atoms with Crippen molar-refractivity contribution in [2.45, 2.75) is 25.0 Å². The van der Waals surface area contributed by atoms with Gasteiger partial charge in [0.2, 0.25) is 0 Å². The molecule has 0 aliphatic carbocycles.